The molecule has 0 spiro atoms. The number of ether oxygens (including phenoxy) is 1. The molecule has 0 fully saturated rings. The first-order chi connectivity index (χ1) is 10.2. The van der Waals surface area contributed by atoms with Gasteiger partial charge in [-0.05, 0) is 51.4 Å². The Balaban J connectivity index is 2.22. The molecule has 1 aromatic rings. The highest BCUT2D eigenvalue weighted by molar-refractivity contribution is 6.30. The molecule has 0 saturated carbocycles. The van der Waals surface area contributed by atoms with Gasteiger partial charge in [-0.3, -0.25) is 0 Å². The van der Waals surface area contributed by atoms with Crippen molar-refractivity contribution in [1.82, 2.24) is 10.2 Å². The van der Waals surface area contributed by atoms with E-state index in [2.05, 4.69) is 5.32 Å². The third kappa shape index (κ3) is 7.09. The van der Waals surface area contributed by atoms with Crippen LogP contribution in [0.3, 0.4) is 0 Å². The summed E-state index contributed by atoms with van der Waals surface area (Å²) in [5.41, 5.74) is 0.442. The van der Waals surface area contributed by atoms with Crippen molar-refractivity contribution in [2.45, 2.75) is 39.3 Å². The van der Waals surface area contributed by atoms with Crippen molar-refractivity contribution in [3.05, 3.63) is 34.6 Å². The zero-order valence-corrected chi connectivity index (χ0v) is 14.3. The molecule has 0 radical (unpaired) electrons. The van der Waals surface area contributed by atoms with E-state index in [0.717, 1.165) is 18.5 Å². The summed E-state index contributed by atoms with van der Waals surface area (Å²) < 4.78 is 18.3. The lowest BCUT2D eigenvalue weighted by Gasteiger charge is -2.24. The predicted octanol–water partition coefficient (Wildman–Crippen LogP) is 3.83. The summed E-state index contributed by atoms with van der Waals surface area (Å²) in [6.45, 7) is 7.47. The maximum Gasteiger partial charge on any atom is 0.410 e. The van der Waals surface area contributed by atoms with Crippen molar-refractivity contribution in [1.29, 1.82) is 0 Å². The molecule has 1 amide bonds. The molecule has 22 heavy (non-hydrogen) atoms. The second-order valence-corrected chi connectivity index (χ2v) is 6.59. The van der Waals surface area contributed by atoms with Gasteiger partial charge in [0.05, 0.1) is 5.02 Å². The van der Waals surface area contributed by atoms with Gasteiger partial charge in [-0.1, -0.05) is 17.7 Å². The van der Waals surface area contributed by atoms with Gasteiger partial charge >= 0.3 is 6.09 Å². The zero-order chi connectivity index (χ0) is 16.8. The molecular formula is C16H24ClFN2O2. The van der Waals surface area contributed by atoms with Crippen LogP contribution in [-0.4, -0.2) is 36.7 Å². The molecule has 1 N–H and O–H groups in total. The van der Waals surface area contributed by atoms with E-state index in [1.807, 2.05) is 20.8 Å². The van der Waals surface area contributed by atoms with Gasteiger partial charge in [-0.2, -0.15) is 0 Å². The van der Waals surface area contributed by atoms with Crippen molar-refractivity contribution in [3.8, 4) is 0 Å². The molecule has 0 unspecified atom stereocenters. The molecule has 0 bridgehead atoms. The van der Waals surface area contributed by atoms with Crippen LogP contribution < -0.4 is 5.32 Å². The van der Waals surface area contributed by atoms with Gasteiger partial charge in [0.1, 0.15) is 11.4 Å². The predicted molar refractivity (Wildman–Crippen MR) is 86.6 cm³/mol. The van der Waals surface area contributed by atoms with Crippen molar-refractivity contribution in [3.63, 3.8) is 0 Å². The first-order valence-electron chi connectivity index (χ1n) is 7.28. The van der Waals surface area contributed by atoms with E-state index in [0.29, 0.717) is 13.1 Å². The number of nitrogens with zero attached hydrogens (tertiary/aromatic N) is 1. The lowest BCUT2D eigenvalue weighted by molar-refractivity contribution is 0.0297. The maximum absolute atomic E-state index is 13.0. The minimum Gasteiger partial charge on any atom is -0.444 e. The Morgan fingerprint density at radius 2 is 2.09 bits per heavy atom. The van der Waals surface area contributed by atoms with Crippen LogP contribution in [0.5, 0.6) is 0 Å². The number of halogens is 2. The van der Waals surface area contributed by atoms with E-state index in [1.165, 1.54) is 6.07 Å². The summed E-state index contributed by atoms with van der Waals surface area (Å²) in [5.74, 6) is -0.413. The van der Waals surface area contributed by atoms with Crippen LogP contribution in [0.25, 0.3) is 0 Å². The van der Waals surface area contributed by atoms with Gasteiger partial charge in [-0.25, -0.2) is 9.18 Å². The SMILES string of the molecule is CN(CCCNCc1ccc(F)c(Cl)c1)C(=O)OC(C)(C)C. The molecular weight excluding hydrogens is 307 g/mol. The average molecular weight is 331 g/mol. The van der Waals surface area contributed by atoms with Crippen molar-refractivity contribution in [2.75, 3.05) is 20.1 Å². The number of hydrogen-bond acceptors (Lipinski definition) is 3. The molecule has 6 heteroatoms. The van der Waals surface area contributed by atoms with Gasteiger partial charge in [0.25, 0.3) is 0 Å². The van der Waals surface area contributed by atoms with Gasteiger partial charge in [0.15, 0.2) is 0 Å². The highest BCUT2D eigenvalue weighted by atomic mass is 35.5. The fourth-order valence-corrected chi connectivity index (χ4v) is 1.96. The second kappa shape index (κ2) is 8.34. The van der Waals surface area contributed by atoms with E-state index >= 15 is 0 Å². The van der Waals surface area contributed by atoms with Gasteiger partial charge in [0.2, 0.25) is 0 Å². The number of carbonyl (C=O) groups excluding carboxylic acids is 1. The molecule has 0 saturated heterocycles. The Morgan fingerprint density at radius 1 is 1.41 bits per heavy atom. The molecule has 1 aromatic carbocycles. The lowest BCUT2D eigenvalue weighted by Crippen LogP contribution is -2.35. The van der Waals surface area contributed by atoms with E-state index in [-0.39, 0.29) is 11.1 Å². The molecule has 0 atom stereocenters. The zero-order valence-electron chi connectivity index (χ0n) is 13.6. The summed E-state index contributed by atoms with van der Waals surface area (Å²) >= 11 is 5.72. The number of hydrogen-bond donors (Lipinski definition) is 1. The Kier molecular flexibility index (Phi) is 7.10. The number of benzene rings is 1. The highest BCUT2D eigenvalue weighted by Crippen LogP contribution is 2.15. The Labute approximate surface area is 136 Å². The Morgan fingerprint density at radius 3 is 2.68 bits per heavy atom. The van der Waals surface area contributed by atoms with Crippen LogP contribution in [0.1, 0.15) is 32.8 Å². The summed E-state index contributed by atoms with van der Waals surface area (Å²) in [6.07, 6.45) is 0.475. The molecule has 0 aliphatic carbocycles. The van der Waals surface area contributed by atoms with Crippen molar-refractivity contribution in [2.24, 2.45) is 0 Å². The topological polar surface area (TPSA) is 41.6 Å². The first kappa shape index (κ1) is 18.7. The van der Waals surface area contributed by atoms with Crippen LogP contribution >= 0.6 is 11.6 Å². The third-order valence-corrected chi connectivity index (χ3v) is 3.16. The van der Waals surface area contributed by atoms with E-state index in [4.69, 9.17) is 16.3 Å². The second-order valence-electron chi connectivity index (χ2n) is 6.18. The normalized spacial score (nSPS) is 11.4. The van der Waals surface area contributed by atoms with Gasteiger partial charge in [0, 0.05) is 20.1 Å². The van der Waals surface area contributed by atoms with Gasteiger partial charge < -0.3 is 15.0 Å². The fourth-order valence-electron chi connectivity index (χ4n) is 1.75. The van der Waals surface area contributed by atoms with Crippen LogP contribution in [0.2, 0.25) is 5.02 Å². The van der Waals surface area contributed by atoms with Gasteiger partial charge in [-0.15, -0.1) is 0 Å². The molecule has 1 rings (SSSR count). The molecule has 4 nitrogen and oxygen atoms in total. The summed E-state index contributed by atoms with van der Waals surface area (Å²) in [4.78, 5) is 13.3. The van der Waals surface area contributed by atoms with Crippen LogP contribution in [-0.2, 0) is 11.3 Å². The van der Waals surface area contributed by atoms with Crippen LogP contribution in [0, 0.1) is 5.82 Å². The molecule has 0 aliphatic heterocycles. The van der Waals surface area contributed by atoms with E-state index in [1.54, 1.807) is 24.1 Å². The number of rotatable bonds is 6. The largest absolute Gasteiger partial charge is 0.444 e. The molecule has 0 aliphatic rings. The first-order valence-corrected chi connectivity index (χ1v) is 7.65. The number of amides is 1. The average Bonchev–Trinajstić information content (AvgIpc) is 2.40. The van der Waals surface area contributed by atoms with E-state index in [9.17, 15) is 9.18 Å². The van der Waals surface area contributed by atoms with Crippen LogP contribution in [0.4, 0.5) is 9.18 Å². The number of nitrogens with one attached hydrogen (secondary N) is 1. The van der Waals surface area contributed by atoms with Crippen molar-refractivity contribution < 1.29 is 13.9 Å². The lowest BCUT2D eigenvalue weighted by atomic mass is 10.2. The minimum absolute atomic E-state index is 0.129. The Bertz CT molecular complexity index is 503. The summed E-state index contributed by atoms with van der Waals surface area (Å²) in [6, 6.07) is 4.66. The minimum atomic E-state index is -0.481. The highest BCUT2D eigenvalue weighted by Gasteiger charge is 2.18. The maximum atomic E-state index is 13.0. The Hall–Kier alpha value is -1.33. The monoisotopic (exact) mass is 330 g/mol. The summed E-state index contributed by atoms with van der Waals surface area (Å²) in [7, 11) is 1.72. The number of carbonyl (C=O) groups is 1. The third-order valence-electron chi connectivity index (χ3n) is 2.87. The molecule has 0 heterocycles. The van der Waals surface area contributed by atoms with Crippen molar-refractivity contribution >= 4 is 17.7 Å². The summed E-state index contributed by atoms with van der Waals surface area (Å²) in [5, 5.41) is 3.36. The fraction of sp³-hybridized carbons (Fsp3) is 0.562. The standard InChI is InChI=1S/C16H24ClFN2O2/c1-16(2,3)22-15(21)20(4)9-5-8-19-11-12-6-7-14(18)13(17)10-12/h6-7,10,19H,5,8-9,11H2,1-4H3. The quantitative estimate of drug-likeness (QED) is 0.806. The molecule has 124 valence electrons. The molecule has 0 aromatic heterocycles. The van der Waals surface area contributed by atoms with Crippen LogP contribution in [0.15, 0.2) is 18.2 Å². The van der Waals surface area contributed by atoms with E-state index < -0.39 is 11.4 Å². The smallest absolute Gasteiger partial charge is 0.410 e.